The van der Waals surface area contributed by atoms with Crippen molar-refractivity contribution in [3.05, 3.63) is 113 Å². The minimum atomic E-state index is 0.227. The highest BCUT2D eigenvalue weighted by atomic mass is 16.1. The third-order valence-corrected chi connectivity index (χ3v) is 5.58. The van der Waals surface area contributed by atoms with Gasteiger partial charge in [-0.15, -0.1) is 0 Å². The van der Waals surface area contributed by atoms with E-state index in [1.807, 2.05) is 18.2 Å². The molecule has 0 saturated heterocycles. The van der Waals surface area contributed by atoms with Crippen LogP contribution in [0.1, 0.15) is 45.3 Å². The highest BCUT2D eigenvalue weighted by molar-refractivity contribution is 6.22. The van der Waals surface area contributed by atoms with E-state index in [2.05, 4.69) is 66.7 Å². The lowest BCUT2D eigenvalue weighted by atomic mass is 9.78. The van der Waals surface area contributed by atoms with Gasteiger partial charge in [-0.3, -0.25) is 4.79 Å². The van der Waals surface area contributed by atoms with Gasteiger partial charge in [-0.25, -0.2) is 0 Å². The molecule has 5 rings (SSSR count). The van der Waals surface area contributed by atoms with E-state index in [0.29, 0.717) is 5.92 Å². The van der Waals surface area contributed by atoms with Crippen LogP contribution in [0.4, 0.5) is 0 Å². The van der Waals surface area contributed by atoms with Crippen LogP contribution >= 0.6 is 0 Å². The standard InChI is InChI=1S/C24H18O/c25-24-19-14-8-7-13-18(19)23-21(24)15-20(16-9-3-1-4-10-16)22(23)17-11-5-2-6-12-17/h1-14,20,22H,15H2/t20-,22-/m1/s1. The van der Waals surface area contributed by atoms with Crippen molar-refractivity contribution in [1.82, 2.24) is 0 Å². The summed E-state index contributed by atoms with van der Waals surface area (Å²) in [7, 11) is 0. The maximum atomic E-state index is 13.0. The zero-order chi connectivity index (χ0) is 16.8. The van der Waals surface area contributed by atoms with E-state index in [1.54, 1.807) is 0 Å². The lowest BCUT2D eigenvalue weighted by molar-refractivity contribution is 0.103. The summed E-state index contributed by atoms with van der Waals surface area (Å²) in [5.74, 6) is 0.794. The van der Waals surface area contributed by atoms with Crippen LogP contribution in [0.15, 0.2) is 90.5 Å². The number of allylic oxidation sites excluding steroid dienone is 2. The molecule has 1 nitrogen and oxygen atoms in total. The van der Waals surface area contributed by atoms with Gasteiger partial charge in [0.1, 0.15) is 0 Å². The van der Waals surface area contributed by atoms with Gasteiger partial charge in [-0.2, -0.15) is 0 Å². The minimum Gasteiger partial charge on any atom is -0.289 e. The molecular formula is C24H18O. The quantitative estimate of drug-likeness (QED) is 0.599. The second-order valence-electron chi connectivity index (χ2n) is 6.88. The third-order valence-electron chi connectivity index (χ3n) is 5.58. The summed E-state index contributed by atoms with van der Waals surface area (Å²) >= 11 is 0. The molecule has 0 spiro atoms. The second kappa shape index (κ2) is 5.56. The summed E-state index contributed by atoms with van der Waals surface area (Å²) in [5.41, 5.74) is 6.89. The van der Waals surface area contributed by atoms with E-state index in [0.717, 1.165) is 23.1 Å². The second-order valence-corrected chi connectivity index (χ2v) is 6.88. The van der Waals surface area contributed by atoms with E-state index in [1.165, 1.54) is 16.7 Å². The maximum absolute atomic E-state index is 13.0. The molecule has 0 heterocycles. The van der Waals surface area contributed by atoms with Gasteiger partial charge in [0.05, 0.1) is 0 Å². The van der Waals surface area contributed by atoms with Crippen molar-refractivity contribution < 1.29 is 4.79 Å². The maximum Gasteiger partial charge on any atom is 0.189 e. The van der Waals surface area contributed by atoms with E-state index in [-0.39, 0.29) is 11.7 Å². The Morgan fingerprint density at radius 2 is 1.20 bits per heavy atom. The van der Waals surface area contributed by atoms with Gasteiger partial charge in [-0.05, 0) is 34.6 Å². The van der Waals surface area contributed by atoms with Crippen molar-refractivity contribution in [3.63, 3.8) is 0 Å². The van der Waals surface area contributed by atoms with Crippen LogP contribution in [0.25, 0.3) is 5.57 Å². The molecule has 25 heavy (non-hydrogen) atoms. The number of carbonyl (C=O) groups excluding carboxylic acids is 1. The van der Waals surface area contributed by atoms with Crippen LogP contribution in [0.2, 0.25) is 0 Å². The molecular weight excluding hydrogens is 304 g/mol. The van der Waals surface area contributed by atoms with Crippen molar-refractivity contribution in [2.45, 2.75) is 18.3 Å². The molecule has 2 aliphatic rings. The first-order valence-electron chi connectivity index (χ1n) is 8.81. The summed E-state index contributed by atoms with van der Waals surface area (Å²) < 4.78 is 0. The lowest BCUT2D eigenvalue weighted by Crippen LogP contribution is -2.10. The van der Waals surface area contributed by atoms with Gasteiger partial charge >= 0.3 is 0 Å². The first kappa shape index (κ1) is 14.4. The highest BCUT2D eigenvalue weighted by Gasteiger charge is 2.44. The minimum absolute atomic E-state index is 0.227. The molecule has 0 fully saturated rings. The number of carbonyl (C=O) groups is 1. The van der Waals surface area contributed by atoms with Crippen LogP contribution in [0.5, 0.6) is 0 Å². The molecule has 0 aliphatic heterocycles. The molecule has 0 unspecified atom stereocenters. The Labute approximate surface area is 147 Å². The Bertz CT molecular complexity index is 983. The summed E-state index contributed by atoms with van der Waals surface area (Å²) in [6.45, 7) is 0. The van der Waals surface area contributed by atoms with Crippen LogP contribution in [-0.4, -0.2) is 5.78 Å². The number of hydrogen-bond acceptors (Lipinski definition) is 1. The lowest BCUT2D eigenvalue weighted by Gasteiger charge is -2.25. The summed E-state index contributed by atoms with van der Waals surface area (Å²) in [6, 6.07) is 29.3. The van der Waals surface area contributed by atoms with E-state index in [9.17, 15) is 4.79 Å². The fourth-order valence-corrected chi connectivity index (χ4v) is 4.53. The Balaban J connectivity index is 1.71. The summed E-state index contributed by atoms with van der Waals surface area (Å²) in [5, 5.41) is 0. The zero-order valence-corrected chi connectivity index (χ0v) is 13.9. The fourth-order valence-electron chi connectivity index (χ4n) is 4.53. The zero-order valence-electron chi connectivity index (χ0n) is 13.9. The van der Waals surface area contributed by atoms with Crippen LogP contribution in [0, 0.1) is 0 Å². The van der Waals surface area contributed by atoms with Gasteiger partial charge in [-0.1, -0.05) is 84.9 Å². The number of ketones is 1. The normalized spacial score (nSPS) is 21.4. The van der Waals surface area contributed by atoms with Gasteiger partial charge in [0.25, 0.3) is 0 Å². The smallest absolute Gasteiger partial charge is 0.189 e. The summed E-state index contributed by atoms with van der Waals surface area (Å²) in [6.07, 6.45) is 0.826. The van der Waals surface area contributed by atoms with Crippen molar-refractivity contribution in [1.29, 1.82) is 0 Å². The Kier molecular flexibility index (Phi) is 3.21. The molecule has 0 N–H and O–H groups in total. The Morgan fingerprint density at radius 1 is 0.640 bits per heavy atom. The third kappa shape index (κ3) is 2.12. The summed E-state index contributed by atoms with van der Waals surface area (Å²) in [4.78, 5) is 13.0. The average Bonchev–Trinajstić information content (AvgIpc) is 3.20. The predicted molar refractivity (Wildman–Crippen MR) is 101 cm³/mol. The molecule has 2 atom stereocenters. The Hall–Kier alpha value is -2.93. The molecule has 120 valence electrons. The first-order chi connectivity index (χ1) is 12.3. The van der Waals surface area contributed by atoms with Crippen LogP contribution < -0.4 is 0 Å². The molecule has 0 radical (unpaired) electrons. The van der Waals surface area contributed by atoms with Gasteiger partial charge in [0.15, 0.2) is 5.78 Å². The molecule has 3 aromatic rings. The van der Waals surface area contributed by atoms with Crippen LogP contribution in [-0.2, 0) is 0 Å². The average molecular weight is 322 g/mol. The van der Waals surface area contributed by atoms with E-state index >= 15 is 0 Å². The van der Waals surface area contributed by atoms with Crippen molar-refractivity contribution in [2.75, 3.05) is 0 Å². The van der Waals surface area contributed by atoms with Crippen LogP contribution in [0.3, 0.4) is 0 Å². The molecule has 0 amide bonds. The van der Waals surface area contributed by atoms with Crippen molar-refractivity contribution in [2.24, 2.45) is 0 Å². The fraction of sp³-hybridized carbons (Fsp3) is 0.125. The number of rotatable bonds is 2. The largest absolute Gasteiger partial charge is 0.289 e. The van der Waals surface area contributed by atoms with Crippen molar-refractivity contribution >= 4 is 11.4 Å². The number of Topliss-reactive ketones (excluding diaryl/α,β-unsaturated/α-hetero) is 1. The monoisotopic (exact) mass is 322 g/mol. The molecule has 0 bridgehead atoms. The highest BCUT2D eigenvalue weighted by Crippen LogP contribution is 2.57. The number of fused-ring (bicyclic) bond motifs is 2. The van der Waals surface area contributed by atoms with Gasteiger partial charge < -0.3 is 0 Å². The first-order valence-corrected chi connectivity index (χ1v) is 8.81. The SMILES string of the molecule is O=C1C2=C(c3ccccc31)[C@H](c1ccccc1)[C@@H](c1ccccc1)C2. The van der Waals surface area contributed by atoms with Gasteiger partial charge in [0.2, 0.25) is 0 Å². The molecule has 0 aromatic heterocycles. The van der Waals surface area contributed by atoms with Gasteiger partial charge in [0, 0.05) is 17.1 Å². The molecule has 0 saturated carbocycles. The van der Waals surface area contributed by atoms with E-state index < -0.39 is 0 Å². The van der Waals surface area contributed by atoms with Crippen molar-refractivity contribution in [3.8, 4) is 0 Å². The Morgan fingerprint density at radius 3 is 1.88 bits per heavy atom. The van der Waals surface area contributed by atoms with E-state index in [4.69, 9.17) is 0 Å². The number of benzene rings is 3. The molecule has 2 aliphatic carbocycles. The molecule has 3 aromatic carbocycles. The predicted octanol–water partition coefficient (Wildman–Crippen LogP) is 5.61. The number of hydrogen-bond donors (Lipinski definition) is 0. The molecule has 1 heteroatoms. The topological polar surface area (TPSA) is 17.1 Å².